The molecule has 2 fully saturated rings. The molecule has 2 aliphatic rings. The average molecular weight is 240 g/mol. The van der Waals surface area contributed by atoms with Gasteiger partial charge in [-0.15, -0.1) is 0 Å². The van der Waals surface area contributed by atoms with Gasteiger partial charge < -0.3 is 14.9 Å². The van der Waals surface area contributed by atoms with E-state index in [2.05, 4.69) is 9.80 Å². The van der Waals surface area contributed by atoms with Crippen LogP contribution >= 0.6 is 0 Å². The molecule has 2 aliphatic heterocycles. The van der Waals surface area contributed by atoms with Crippen molar-refractivity contribution in [2.24, 2.45) is 5.92 Å². The molecule has 0 aliphatic carbocycles. The molecule has 17 heavy (non-hydrogen) atoms. The summed E-state index contributed by atoms with van der Waals surface area (Å²) in [5.74, 6) is 0.546. The summed E-state index contributed by atoms with van der Waals surface area (Å²) >= 11 is 0. The fourth-order valence-corrected chi connectivity index (χ4v) is 3.18. The van der Waals surface area contributed by atoms with Crippen molar-refractivity contribution >= 4 is 0 Å². The molecule has 0 bridgehead atoms. The van der Waals surface area contributed by atoms with Gasteiger partial charge in [-0.05, 0) is 84.2 Å². The van der Waals surface area contributed by atoms with E-state index in [9.17, 15) is 5.11 Å². The first-order valence-electron chi connectivity index (χ1n) is 7.38. The number of likely N-dealkylation sites (tertiary alicyclic amines) is 2. The molecule has 2 saturated heterocycles. The van der Waals surface area contributed by atoms with Gasteiger partial charge in [-0.3, -0.25) is 0 Å². The van der Waals surface area contributed by atoms with E-state index >= 15 is 0 Å². The van der Waals surface area contributed by atoms with Crippen LogP contribution in [0.4, 0.5) is 0 Å². The second-order valence-corrected chi connectivity index (χ2v) is 5.82. The van der Waals surface area contributed by atoms with Crippen LogP contribution in [0.1, 0.15) is 39.0 Å². The fourth-order valence-electron chi connectivity index (χ4n) is 3.18. The van der Waals surface area contributed by atoms with Crippen molar-refractivity contribution in [2.75, 3.05) is 39.3 Å². The molecule has 100 valence electrons. The highest BCUT2D eigenvalue weighted by atomic mass is 16.3. The first-order valence-corrected chi connectivity index (χ1v) is 7.38. The molecule has 1 N–H and O–H groups in total. The zero-order valence-electron chi connectivity index (χ0n) is 11.3. The van der Waals surface area contributed by atoms with Crippen molar-refractivity contribution in [3.8, 4) is 0 Å². The maximum absolute atomic E-state index is 9.56. The van der Waals surface area contributed by atoms with Gasteiger partial charge in [0.05, 0.1) is 6.10 Å². The molecule has 2 heterocycles. The lowest BCUT2D eigenvalue weighted by Gasteiger charge is -2.33. The molecule has 0 spiro atoms. The topological polar surface area (TPSA) is 26.7 Å². The van der Waals surface area contributed by atoms with Crippen LogP contribution in [0.25, 0.3) is 0 Å². The van der Waals surface area contributed by atoms with Crippen LogP contribution in [0, 0.1) is 5.92 Å². The van der Waals surface area contributed by atoms with Crippen LogP contribution in [0.3, 0.4) is 0 Å². The van der Waals surface area contributed by atoms with Gasteiger partial charge in [-0.2, -0.15) is 0 Å². The largest absolute Gasteiger partial charge is 0.393 e. The smallest absolute Gasteiger partial charge is 0.0541 e. The Balaban J connectivity index is 1.55. The minimum atomic E-state index is -0.109. The summed E-state index contributed by atoms with van der Waals surface area (Å²) in [6.07, 6.45) is 6.38. The van der Waals surface area contributed by atoms with E-state index in [1.165, 1.54) is 71.4 Å². The van der Waals surface area contributed by atoms with Gasteiger partial charge in [0.2, 0.25) is 0 Å². The van der Waals surface area contributed by atoms with Gasteiger partial charge in [0, 0.05) is 0 Å². The molecule has 0 saturated carbocycles. The van der Waals surface area contributed by atoms with Crippen LogP contribution < -0.4 is 0 Å². The predicted molar refractivity (Wildman–Crippen MR) is 71.1 cm³/mol. The Bertz CT molecular complexity index is 206. The van der Waals surface area contributed by atoms with Crippen molar-refractivity contribution in [1.29, 1.82) is 0 Å². The highest BCUT2D eigenvalue weighted by molar-refractivity contribution is 4.76. The quantitative estimate of drug-likeness (QED) is 0.790. The Labute approximate surface area is 106 Å². The second-order valence-electron chi connectivity index (χ2n) is 5.82. The summed E-state index contributed by atoms with van der Waals surface area (Å²) in [6.45, 7) is 9.51. The summed E-state index contributed by atoms with van der Waals surface area (Å²) in [5.41, 5.74) is 0. The molecular weight excluding hydrogens is 212 g/mol. The summed E-state index contributed by atoms with van der Waals surface area (Å²) < 4.78 is 0. The van der Waals surface area contributed by atoms with E-state index in [-0.39, 0.29) is 6.10 Å². The number of nitrogens with zero attached hydrogens (tertiary/aromatic N) is 2. The van der Waals surface area contributed by atoms with Crippen molar-refractivity contribution in [1.82, 2.24) is 9.80 Å². The summed E-state index contributed by atoms with van der Waals surface area (Å²) in [4.78, 5) is 5.18. The van der Waals surface area contributed by atoms with E-state index in [1.54, 1.807) is 0 Å². The lowest BCUT2D eigenvalue weighted by atomic mass is 9.92. The second kappa shape index (κ2) is 6.72. The zero-order chi connectivity index (χ0) is 12.1. The Hall–Kier alpha value is -0.120. The maximum Gasteiger partial charge on any atom is 0.0541 e. The van der Waals surface area contributed by atoms with Crippen molar-refractivity contribution in [3.63, 3.8) is 0 Å². The van der Waals surface area contributed by atoms with E-state index in [0.717, 1.165) is 0 Å². The van der Waals surface area contributed by atoms with E-state index in [4.69, 9.17) is 0 Å². The minimum Gasteiger partial charge on any atom is -0.393 e. The number of piperidine rings is 1. The molecule has 0 amide bonds. The van der Waals surface area contributed by atoms with Gasteiger partial charge in [0.25, 0.3) is 0 Å². The Morgan fingerprint density at radius 2 is 1.53 bits per heavy atom. The molecule has 0 aromatic heterocycles. The standard InChI is InChI=1S/C14H28N2O/c1-13(17)14-5-11-16(12-6-14)10-4-9-15-7-2-3-8-15/h13-14,17H,2-12H2,1H3. The third-order valence-corrected chi connectivity index (χ3v) is 4.46. The van der Waals surface area contributed by atoms with E-state index < -0.39 is 0 Å². The average Bonchev–Trinajstić information content (AvgIpc) is 2.83. The normalized spacial score (nSPS) is 26.5. The van der Waals surface area contributed by atoms with Crippen LogP contribution in [0.2, 0.25) is 0 Å². The monoisotopic (exact) mass is 240 g/mol. The van der Waals surface area contributed by atoms with Crippen LogP contribution in [-0.2, 0) is 0 Å². The summed E-state index contributed by atoms with van der Waals surface area (Å²) in [6, 6.07) is 0. The van der Waals surface area contributed by atoms with Crippen molar-refractivity contribution < 1.29 is 5.11 Å². The van der Waals surface area contributed by atoms with Crippen LogP contribution in [0.5, 0.6) is 0 Å². The molecule has 0 radical (unpaired) electrons. The van der Waals surface area contributed by atoms with E-state index in [1.807, 2.05) is 6.92 Å². The number of hydrogen-bond donors (Lipinski definition) is 1. The Kier molecular flexibility index (Phi) is 5.26. The van der Waals surface area contributed by atoms with Crippen molar-refractivity contribution in [3.05, 3.63) is 0 Å². The highest BCUT2D eigenvalue weighted by Gasteiger charge is 2.22. The third kappa shape index (κ3) is 4.23. The van der Waals surface area contributed by atoms with Gasteiger partial charge in [0.1, 0.15) is 0 Å². The first kappa shape index (κ1) is 13.3. The van der Waals surface area contributed by atoms with Crippen LogP contribution in [-0.4, -0.2) is 60.3 Å². The number of aliphatic hydroxyl groups is 1. The Morgan fingerprint density at radius 1 is 1.00 bits per heavy atom. The molecule has 1 unspecified atom stereocenters. The molecule has 1 atom stereocenters. The number of hydrogen-bond acceptors (Lipinski definition) is 3. The summed E-state index contributed by atoms with van der Waals surface area (Å²) in [5, 5.41) is 9.56. The van der Waals surface area contributed by atoms with Crippen molar-refractivity contribution in [2.45, 2.75) is 45.1 Å². The molecule has 0 aromatic carbocycles. The molecule has 2 rings (SSSR count). The summed E-state index contributed by atoms with van der Waals surface area (Å²) in [7, 11) is 0. The lowest BCUT2D eigenvalue weighted by Crippen LogP contribution is -2.38. The number of rotatable bonds is 5. The first-order chi connectivity index (χ1) is 8.25. The molecular formula is C14H28N2O. The Morgan fingerprint density at radius 3 is 2.06 bits per heavy atom. The van der Waals surface area contributed by atoms with E-state index in [0.29, 0.717) is 5.92 Å². The molecule has 0 aromatic rings. The maximum atomic E-state index is 9.56. The predicted octanol–water partition coefficient (Wildman–Crippen LogP) is 1.57. The third-order valence-electron chi connectivity index (χ3n) is 4.46. The molecule has 3 nitrogen and oxygen atoms in total. The van der Waals surface area contributed by atoms with Gasteiger partial charge in [0.15, 0.2) is 0 Å². The zero-order valence-corrected chi connectivity index (χ0v) is 11.3. The minimum absolute atomic E-state index is 0.109. The van der Waals surface area contributed by atoms with Gasteiger partial charge in [-0.1, -0.05) is 0 Å². The van der Waals surface area contributed by atoms with Crippen LogP contribution in [0.15, 0.2) is 0 Å². The molecule has 3 heteroatoms. The van der Waals surface area contributed by atoms with Gasteiger partial charge in [-0.25, -0.2) is 0 Å². The fraction of sp³-hybridized carbons (Fsp3) is 1.00. The highest BCUT2D eigenvalue weighted by Crippen LogP contribution is 2.20. The SMILES string of the molecule is CC(O)C1CCN(CCCN2CCCC2)CC1. The number of aliphatic hydroxyl groups excluding tert-OH is 1. The lowest BCUT2D eigenvalue weighted by molar-refractivity contribution is 0.0707. The van der Waals surface area contributed by atoms with Gasteiger partial charge >= 0.3 is 0 Å².